The SMILES string of the molecule is CC/C=C\C/C=C\C/C=C\C/C=C\CCCCCCC(=O)O[C@H](COC(=O)CCCCCC/C=C\C/C=C\C/C=C\CCCCC)COC(=O)CCCCCCCCCCCCC/C=C\CCCCCCCC. The largest absolute Gasteiger partial charge is 0.462 e. The third-order valence-electron chi connectivity index (χ3n) is 13.0. The summed E-state index contributed by atoms with van der Waals surface area (Å²) in [7, 11) is 0. The van der Waals surface area contributed by atoms with Crippen LogP contribution in [0.3, 0.4) is 0 Å². The van der Waals surface area contributed by atoms with Crippen LogP contribution in [0.1, 0.15) is 290 Å². The summed E-state index contributed by atoms with van der Waals surface area (Å²) in [6, 6.07) is 0. The molecule has 418 valence electrons. The standard InChI is InChI=1S/C67H114O6/c1-4-7-10-13-16-19-22-25-28-31-32-33-34-37-39-42-45-48-51-54-57-60-66(69)72-63-64(73-67(70)61-58-55-52-49-46-43-40-36-30-27-24-21-18-15-12-9-6-3)62-71-65(68)59-56-53-50-47-44-41-38-35-29-26-23-20-17-14-11-8-5-2/h9,12,17-18,20-21,25-30,38,40-41,43,64H,4-8,10-11,13-16,19,22-24,31-37,39,42,44-63H2,1-3H3/b12-9-,20-17-,21-18-,28-25-,29-26-,30-27-,41-38-,43-40-/t64-/m1/s1. The van der Waals surface area contributed by atoms with Gasteiger partial charge in [-0.3, -0.25) is 14.4 Å². The highest BCUT2D eigenvalue weighted by molar-refractivity contribution is 5.71. The van der Waals surface area contributed by atoms with E-state index in [1.807, 2.05) is 0 Å². The molecule has 0 aromatic heterocycles. The number of rotatable bonds is 55. The molecule has 0 unspecified atom stereocenters. The number of unbranched alkanes of at least 4 members (excludes halogenated alkanes) is 28. The predicted octanol–water partition coefficient (Wildman–Crippen LogP) is 20.9. The third kappa shape index (κ3) is 59.1. The molecule has 0 saturated heterocycles. The number of hydrogen-bond acceptors (Lipinski definition) is 6. The van der Waals surface area contributed by atoms with Crippen LogP contribution in [-0.4, -0.2) is 37.2 Å². The molecule has 0 heterocycles. The maximum atomic E-state index is 12.9. The Hall–Kier alpha value is -3.67. The van der Waals surface area contributed by atoms with E-state index in [1.54, 1.807) is 0 Å². The molecule has 0 aromatic rings. The van der Waals surface area contributed by atoms with E-state index in [2.05, 4.69) is 118 Å². The Morgan fingerprint density at radius 1 is 0.288 bits per heavy atom. The molecule has 6 heteroatoms. The van der Waals surface area contributed by atoms with Gasteiger partial charge in [-0.15, -0.1) is 0 Å². The molecular formula is C67H114O6. The minimum absolute atomic E-state index is 0.0951. The van der Waals surface area contributed by atoms with E-state index < -0.39 is 6.10 Å². The Labute approximate surface area is 451 Å². The molecular weight excluding hydrogens is 901 g/mol. The molecule has 73 heavy (non-hydrogen) atoms. The summed E-state index contributed by atoms with van der Waals surface area (Å²) in [5, 5.41) is 0. The fraction of sp³-hybridized carbons (Fsp3) is 0.716. The summed E-state index contributed by atoms with van der Waals surface area (Å²) in [5.41, 5.74) is 0. The second kappa shape index (κ2) is 60.9. The molecule has 0 fully saturated rings. The Morgan fingerprint density at radius 3 is 0.877 bits per heavy atom. The number of hydrogen-bond donors (Lipinski definition) is 0. The van der Waals surface area contributed by atoms with Gasteiger partial charge in [-0.1, -0.05) is 246 Å². The molecule has 0 aliphatic carbocycles. The number of esters is 3. The highest BCUT2D eigenvalue weighted by atomic mass is 16.6. The maximum Gasteiger partial charge on any atom is 0.306 e. The topological polar surface area (TPSA) is 78.9 Å². The predicted molar refractivity (Wildman–Crippen MR) is 316 cm³/mol. The van der Waals surface area contributed by atoms with Crippen molar-refractivity contribution in [2.75, 3.05) is 13.2 Å². The van der Waals surface area contributed by atoms with Crippen molar-refractivity contribution in [2.24, 2.45) is 0 Å². The van der Waals surface area contributed by atoms with Gasteiger partial charge in [-0.25, -0.2) is 0 Å². The van der Waals surface area contributed by atoms with Crippen LogP contribution in [-0.2, 0) is 28.6 Å². The number of allylic oxidation sites excluding steroid dienone is 16. The summed E-state index contributed by atoms with van der Waals surface area (Å²) < 4.78 is 16.9. The molecule has 1 atom stereocenters. The molecule has 0 aromatic carbocycles. The number of carbonyl (C=O) groups excluding carboxylic acids is 3. The van der Waals surface area contributed by atoms with Crippen LogP contribution < -0.4 is 0 Å². The van der Waals surface area contributed by atoms with E-state index in [1.165, 1.54) is 128 Å². The fourth-order valence-corrected chi connectivity index (χ4v) is 8.44. The molecule has 0 radical (unpaired) electrons. The summed E-state index contributed by atoms with van der Waals surface area (Å²) in [4.78, 5) is 38.3. The van der Waals surface area contributed by atoms with Crippen molar-refractivity contribution >= 4 is 17.9 Å². The quantitative estimate of drug-likeness (QED) is 0.0261. The molecule has 0 aliphatic heterocycles. The molecule has 0 saturated carbocycles. The van der Waals surface area contributed by atoms with Gasteiger partial charge in [0.1, 0.15) is 13.2 Å². The van der Waals surface area contributed by atoms with Gasteiger partial charge >= 0.3 is 17.9 Å². The average molecular weight is 1020 g/mol. The molecule has 0 N–H and O–H groups in total. The van der Waals surface area contributed by atoms with E-state index in [4.69, 9.17) is 14.2 Å². The molecule has 0 bridgehead atoms. The lowest BCUT2D eigenvalue weighted by Crippen LogP contribution is -2.30. The second-order valence-corrected chi connectivity index (χ2v) is 20.2. The van der Waals surface area contributed by atoms with Crippen molar-refractivity contribution in [3.05, 3.63) is 97.2 Å². The Morgan fingerprint density at radius 2 is 0.534 bits per heavy atom. The minimum Gasteiger partial charge on any atom is -0.462 e. The van der Waals surface area contributed by atoms with Crippen LogP contribution in [0.5, 0.6) is 0 Å². The summed E-state index contributed by atoms with van der Waals surface area (Å²) in [6.45, 7) is 6.47. The van der Waals surface area contributed by atoms with Crippen molar-refractivity contribution in [3.8, 4) is 0 Å². The Balaban J connectivity index is 4.44. The van der Waals surface area contributed by atoms with Crippen molar-refractivity contribution in [3.63, 3.8) is 0 Å². The van der Waals surface area contributed by atoms with Crippen molar-refractivity contribution in [1.82, 2.24) is 0 Å². The maximum absolute atomic E-state index is 12.9. The lowest BCUT2D eigenvalue weighted by Gasteiger charge is -2.18. The normalized spacial score (nSPS) is 12.8. The second-order valence-electron chi connectivity index (χ2n) is 20.2. The molecule has 6 nitrogen and oxygen atoms in total. The van der Waals surface area contributed by atoms with Gasteiger partial charge in [0.05, 0.1) is 0 Å². The van der Waals surface area contributed by atoms with Crippen molar-refractivity contribution < 1.29 is 28.6 Å². The van der Waals surface area contributed by atoms with Crippen LogP contribution in [0.25, 0.3) is 0 Å². The van der Waals surface area contributed by atoms with E-state index >= 15 is 0 Å². The summed E-state index contributed by atoms with van der Waals surface area (Å²) >= 11 is 0. The Kier molecular flexibility index (Phi) is 57.8. The highest BCUT2D eigenvalue weighted by Gasteiger charge is 2.19. The smallest absolute Gasteiger partial charge is 0.306 e. The summed E-state index contributed by atoms with van der Waals surface area (Å²) in [6.07, 6.45) is 81.1. The van der Waals surface area contributed by atoms with Gasteiger partial charge in [0.25, 0.3) is 0 Å². The van der Waals surface area contributed by atoms with E-state index in [0.29, 0.717) is 19.3 Å². The first-order valence-electron chi connectivity index (χ1n) is 30.7. The first kappa shape index (κ1) is 69.3. The van der Waals surface area contributed by atoms with Crippen LogP contribution in [0.2, 0.25) is 0 Å². The van der Waals surface area contributed by atoms with Gasteiger partial charge in [0, 0.05) is 19.3 Å². The van der Waals surface area contributed by atoms with Gasteiger partial charge in [0.15, 0.2) is 6.10 Å². The van der Waals surface area contributed by atoms with Gasteiger partial charge in [0.2, 0.25) is 0 Å². The van der Waals surface area contributed by atoms with E-state index in [0.717, 1.165) is 122 Å². The van der Waals surface area contributed by atoms with Crippen LogP contribution >= 0.6 is 0 Å². The van der Waals surface area contributed by atoms with Crippen LogP contribution in [0, 0.1) is 0 Å². The first-order valence-corrected chi connectivity index (χ1v) is 30.7. The molecule has 0 aliphatic rings. The zero-order chi connectivity index (χ0) is 52.9. The van der Waals surface area contributed by atoms with E-state index in [-0.39, 0.29) is 31.1 Å². The monoisotopic (exact) mass is 1010 g/mol. The molecule has 0 spiro atoms. The van der Waals surface area contributed by atoms with Crippen molar-refractivity contribution in [2.45, 2.75) is 297 Å². The van der Waals surface area contributed by atoms with E-state index in [9.17, 15) is 14.4 Å². The summed E-state index contributed by atoms with van der Waals surface area (Å²) in [5.74, 6) is -0.935. The minimum atomic E-state index is -0.802. The average Bonchev–Trinajstić information content (AvgIpc) is 3.39. The first-order chi connectivity index (χ1) is 36.0. The van der Waals surface area contributed by atoms with Gasteiger partial charge in [-0.2, -0.15) is 0 Å². The van der Waals surface area contributed by atoms with Crippen LogP contribution in [0.15, 0.2) is 97.2 Å². The molecule has 0 amide bonds. The highest BCUT2D eigenvalue weighted by Crippen LogP contribution is 2.15. The lowest BCUT2D eigenvalue weighted by molar-refractivity contribution is -0.167. The van der Waals surface area contributed by atoms with Gasteiger partial charge < -0.3 is 14.2 Å². The lowest BCUT2D eigenvalue weighted by atomic mass is 10.0. The molecule has 0 rings (SSSR count). The fourth-order valence-electron chi connectivity index (χ4n) is 8.44. The number of carbonyl (C=O) groups is 3. The third-order valence-corrected chi connectivity index (χ3v) is 13.0. The zero-order valence-corrected chi connectivity index (χ0v) is 47.9. The van der Waals surface area contributed by atoms with Crippen LogP contribution in [0.4, 0.5) is 0 Å². The Bertz CT molecular complexity index is 1440. The van der Waals surface area contributed by atoms with Crippen molar-refractivity contribution in [1.29, 1.82) is 0 Å². The van der Waals surface area contributed by atoms with Gasteiger partial charge in [-0.05, 0) is 122 Å². The zero-order valence-electron chi connectivity index (χ0n) is 47.9. The number of ether oxygens (including phenoxy) is 3.